The summed E-state index contributed by atoms with van der Waals surface area (Å²) in [6.07, 6.45) is 0. The highest BCUT2D eigenvalue weighted by atomic mass is 19.1. The molecule has 1 aromatic carbocycles. The Bertz CT molecular complexity index is 560. The van der Waals surface area contributed by atoms with E-state index in [9.17, 15) is 19.1 Å². The van der Waals surface area contributed by atoms with Gasteiger partial charge in [-0.1, -0.05) is 0 Å². The number of phenolic OH excluding ortho intramolecular Hbond substituents is 1. The Morgan fingerprint density at radius 1 is 1.40 bits per heavy atom. The van der Waals surface area contributed by atoms with Gasteiger partial charge in [-0.25, -0.2) is 4.39 Å². The molecule has 2 rings (SSSR count). The number of hydrogen-bond donors (Lipinski definition) is 1. The standard InChI is InChI=1S/C14H17FN2O3/c1-9(18)12-6-11(15)5-10(14(12)20)7-17-4-3-16(2)13(19)8-17/h5-6,20H,3-4,7-8H2,1-2H3. The van der Waals surface area contributed by atoms with Crippen LogP contribution in [0.5, 0.6) is 5.75 Å². The molecule has 0 aliphatic carbocycles. The van der Waals surface area contributed by atoms with E-state index < -0.39 is 11.6 Å². The molecule has 1 fully saturated rings. The maximum absolute atomic E-state index is 13.5. The van der Waals surface area contributed by atoms with E-state index in [2.05, 4.69) is 0 Å². The summed E-state index contributed by atoms with van der Waals surface area (Å²) in [6, 6.07) is 2.22. The molecule has 20 heavy (non-hydrogen) atoms. The van der Waals surface area contributed by atoms with Crippen LogP contribution >= 0.6 is 0 Å². The number of nitrogens with zero attached hydrogens (tertiary/aromatic N) is 2. The van der Waals surface area contributed by atoms with Gasteiger partial charge in [0.15, 0.2) is 5.78 Å². The number of phenols is 1. The van der Waals surface area contributed by atoms with E-state index in [4.69, 9.17) is 0 Å². The first-order chi connectivity index (χ1) is 9.38. The van der Waals surface area contributed by atoms with Gasteiger partial charge in [0.2, 0.25) is 5.91 Å². The second-order valence-electron chi connectivity index (χ2n) is 5.04. The molecule has 1 aliphatic heterocycles. The summed E-state index contributed by atoms with van der Waals surface area (Å²) in [5, 5.41) is 10.0. The summed E-state index contributed by atoms with van der Waals surface area (Å²) >= 11 is 0. The van der Waals surface area contributed by atoms with Crippen molar-refractivity contribution >= 4 is 11.7 Å². The van der Waals surface area contributed by atoms with Gasteiger partial charge in [-0.2, -0.15) is 0 Å². The smallest absolute Gasteiger partial charge is 0.236 e. The monoisotopic (exact) mass is 280 g/mol. The van der Waals surface area contributed by atoms with Gasteiger partial charge in [-0.05, 0) is 19.1 Å². The van der Waals surface area contributed by atoms with Gasteiger partial charge in [-0.15, -0.1) is 0 Å². The lowest BCUT2D eigenvalue weighted by Gasteiger charge is -2.32. The molecule has 108 valence electrons. The van der Waals surface area contributed by atoms with Gasteiger partial charge in [0.05, 0.1) is 12.1 Å². The van der Waals surface area contributed by atoms with Crippen molar-refractivity contribution in [2.45, 2.75) is 13.5 Å². The molecule has 5 nitrogen and oxygen atoms in total. The zero-order valence-corrected chi connectivity index (χ0v) is 11.5. The minimum absolute atomic E-state index is 0.0149. The lowest BCUT2D eigenvalue weighted by Crippen LogP contribution is -2.48. The average Bonchev–Trinajstić information content (AvgIpc) is 2.37. The quantitative estimate of drug-likeness (QED) is 0.839. The number of likely N-dealkylation sites (N-methyl/N-ethyl adjacent to an activating group) is 1. The van der Waals surface area contributed by atoms with E-state index in [1.54, 1.807) is 11.9 Å². The Morgan fingerprint density at radius 3 is 2.70 bits per heavy atom. The van der Waals surface area contributed by atoms with E-state index in [1.165, 1.54) is 13.0 Å². The fourth-order valence-electron chi connectivity index (χ4n) is 2.23. The van der Waals surface area contributed by atoms with Gasteiger partial charge >= 0.3 is 0 Å². The number of halogens is 1. The van der Waals surface area contributed by atoms with Crippen molar-refractivity contribution < 1.29 is 19.1 Å². The molecular weight excluding hydrogens is 263 g/mol. The van der Waals surface area contributed by atoms with Crippen LogP contribution in [0.2, 0.25) is 0 Å². The van der Waals surface area contributed by atoms with Crippen LogP contribution in [-0.2, 0) is 11.3 Å². The van der Waals surface area contributed by atoms with Gasteiger partial charge in [-0.3, -0.25) is 14.5 Å². The maximum atomic E-state index is 13.5. The number of carbonyl (C=O) groups is 2. The van der Waals surface area contributed by atoms with Crippen LogP contribution < -0.4 is 0 Å². The Hall–Kier alpha value is -1.95. The van der Waals surface area contributed by atoms with Crippen LogP contribution in [0.25, 0.3) is 0 Å². The van der Waals surface area contributed by atoms with Crippen molar-refractivity contribution in [2.24, 2.45) is 0 Å². The molecule has 0 bridgehead atoms. The summed E-state index contributed by atoms with van der Waals surface area (Å²) in [5.41, 5.74) is 0.299. The fourth-order valence-corrected chi connectivity index (χ4v) is 2.23. The first kappa shape index (κ1) is 14.5. The molecule has 0 radical (unpaired) electrons. The number of ketones is 1. The molecule has 1 amide bonds. The van der Waals surface area contributed by atoms with E-state index in [0.717, 1.165) is 6.07 Å². The summed E-state index contributed by atoms with van der Waals surface area (Å²) in [5.74, 6) is -1.18. The number of amides is 1. The third kappa shape index (κ3) is 2.96. The predicted molar refractivity (Wildman–Crippen MR) is 71.0 cm³/mol. The number of aromatic hydroxyl groups is 1. The molecule has 0 aromatic heterocycles. The average molecular weight is 280 g/mol. The van der Waals surface area contributed by atoms with Crippen LogP contribution in [-0.4, -0.2) is 53.3 Å². The summed E-state index contributed by atoms with van der Waals surface area (Å²) in [4.78, 5) is 26.4. The zero-order chi connectivity index (χ0) is 14.9. The maximum Gasteiger partial charge on any atom is 0.236 e. The molecule has 0 atom stereocenters. The minimum atomic E-state index is -0.566. The molecule has 1 heterocycles. The molecule has 6 heteroatoms. The summed E-state index contributed by atoms with van der Waals surface area (Å²) < 4.78 is 13.5. The number of piperazine rings is 1. The van der Waals surface area contributed by atoms with Crippen LogP contribution in [0.3, 0.4) is 0 Å². The van der Waals surface area contributed by atoms with Gasteiger partial charge in [0.1, 0.15) is 11.6 Å². The minimum Gasteiger partial charge on any atom is -0.507 e. The third-order valence-electron chi connectivity index (χ3n) is 3.46. The van der Waals surface area contributed by atoms with Crippen molar-refractivity contribution in [3.8, 4) is 5.75 Å². The number of benzene rings is 1. The predicted octanol–water partition coefficient (Wildman–Crippen LogP) is 1.01. The van der Waals surface area contributed by atoms with Crippen molar-refractivity contribution in [1.29, 1.82) is 0 Å². The first-order valence-corrected chi connectivity index (χ1v) is 6.37. The second kappa shape index (κ2) is 5.58. The molecule has 0 unspecified atom stereocenters. The number of carbonyl (C=O) groups excluding carboxylic acids is 2. The number of hydrogen-bond acceptors (Lipinski definition) is 4. The Kier molecular flexibility index (Phi) is 4.04. The fraction of sp³-hybridized carbons (Fsp3) is 0.429. The molecule has 1 aliphatic rings. The normalized spacial score (nSPS) is 16.6. The van der Waals surface area contributed by atoms with E-state index >= 15 is 0 Å². The van der Waals surface area contributed by atoms with E-state index in [0.29, 0.717) is 18.7 Å². The van der Waals surface area contributed by atoms with Crippen LogP contribution in [0.15, 0.2) is 12.1 Å². The highest BCUT2D eigenvalue weighted by Gasteiger charge is 2.23. The summed E-state index contributed by atoms with van der Waals surface area (Å²) in [7, 11) is 1.73. The molecule has 1 saturated heterocycles. The number of rotatable bonds is 3. The van der Waals surface area contributed by atoms with Crippen molar-refractivity contribution in [1.82, 2.24) is 9.80 Å². The van der Waals surface area contributed by atoms with E-state index in [1.807, 2.05) is 4.90 Å². The molecular formula is C14H17FN2O3. The number of Topliss-reactive ketones (excluding diaryl/α,β-unsaturated/α-hetero) is 1. The Labute approximate surface area is 116 Å². The third-order valence-corrected chi connectivity index (χ3v) is 3.46. The summed E-state index contributed by atoms with van der Waals surface area (Å²) in [6.45, 7) is 2.98. The van der Waals surface area contributed by atoms with Gasteiger partial charge in [0.25, 0.3) is 0 Å². The lowest BCUT2D eigenvalue weighted by atomic mass is 10.0. The van der Waals surface area contributed by atoms with Gasteiger partial charge in [0, 0.05) is 32.2 Å². The molecule has 1 N–H and O–H groups in total. The zero-order valence-electron chi connectivity index (χ0n) is 11.5. The van der Waals surface area contributed by atoms with Crippen LogP contribution in [0.4, 0.5) is 4.39 Å². The van der Waals surface area contributed by atoms with Crippen molar-refractivity contribution in [3.05, 3.63) is 29.1 Å². The highest BCUT2D eigenvalue weighted by Crippen LogP contribution is 2.26. The van der Waals surface area contributed by atoms with Crippen molar-refractivity contribution in [3.63, 3.8) is 0 Å². The Balaban J connectivity index is 2.21. The second-order valence-corrected chi connectivity index (χ2v) is 5.04. The highest BCUT2D eigenvalue weighted by molar-refractivity contribution is 5.97. The first-order valence-electron chi connectivity index (χ1n) is 6.37. The van der Waals surface area contributed by atoms with Crippen LogP contribution in [0.1, 0.15) is 22.8 Å². The topological polar surface area (TPSA) is 60.9 Å². The van der Waals surface area contributed by atoms with E-state index in [-0.39, 0.29) is 30.3 Å². The molecule has 0 spiro atoms. The SMILES string of the molecule is CC(=O)c1cc(F)cc(CN2CCN(C)C(=O)C2)c1O. The van der Waals surface area contributed by atoms with Crippen LogP contribution in [0, 0.1) is 5.82 Å². The van der Waals surface area contributed by atoms with Crippen molar-refractivity contribution in [2.75, 3.05) is 26.7 Å². The largest absolute Gasteiger partial charge is 0.507 e. The Morgan fingerprint density at radius 2 is 2.10 bits per heavy atom. The lowest BCUT2D eigenvalue weighted by molar-refractivity contribution is -0.134. The molecule has 1 aromatic rings. The van der Waals surface area contributed by atoms with Gasteiger partial charge < -0.3 is 10.0 Å². The molecule has 0 saturated carbocycles.